The molecule has 0 aliphatic carbocycles. The first-order valence-corrected chi connectivity index (χ1v) is 6.92. The van der Waals surface area contributed by atoms with E-state index in [1.807, 2.05) is 0 Å². The largest absolute Gasteiger partial charge is 0.573 e. The molecule has 1 aromatic rings. The maximum atomic E-state index is 12.7. The Kier molecular flexibility index (Phi) is 4.36. The molecule has 0 unspecified atom stereocenters. The van der Waals surface area contributed by atoms with Gasteiger partial charge in [0.25, 0.3) is 9.05 Å². The monoisotopic (exact) mass is 353 g/mol. The molecular formula is C9H2ClF6NO3S. The Labute approximate surface area is 117 Å². The van der Waals surface area contributed by atoms with Crippen molar-refractivity contribution < 1.29 is 39.5 Å². The average molecular weight is 354 g/mol. The summed E-state index contributed by atoms with van der Waals surface area (Å²) in [5, 5.41) is 8.57. The maximum absolute atomic E-state index is 12.7. The van der Waals surface area contributed by atoms with Gasteiger partial charge in [0.2, 0.25) is 0 Å². The van der Waals surface area contributed by atoms with Crippen molar-refractivity contribution >= 4 is 19.7 Å². The average Bonchev–Trinajstić information content (AvgIpc) is 2.23. The fourth-order valence-electron chi connectivity index (χ4n) is 1.28. The number of benzene rings is 1. The van der Waals surface area contributed by atoms with Gasteiger partial charge in [-0.2, -0.15) is 18.4 Å². The molecule has 0 N–H and O–H groups in total. The molecule has 0 bridgehead atoms. The van der Waals surface area contributed by atoms with Crippen LogP contribution in [0.5, 0.6) is 5.75 Å². The zero-order chi connectivity index (χ0) is 16.6. The van der Waals surface area contributed by atoms with Crippen molar-refractivity contribution in [2.75, 3.05) is 0 Å². The molecule has 116 valence electrons. The van der Waals surface area contributed by atoms with Crippen LogP contribution in [0.15, 0.2) is 17.0 Å². The molecule has 21 heavy (non-hydrogen) atoms. The zero-order valence-corrected chi connectivity index (χ0v) is 11.0. The summed E-state index contributed by atoms with van der Waals surface area (Å²) in [4.78, 5) is -1.28. The molecule has 0 aliphatic heterocycles. The number of ether oxygens (including phenoxy) is 1. The quantitative estimate of drug-likeness (QED) is 0.603. The normalized spacial score (nSPS) is 12.9. The molecule has 0 heterocycles. The van der Waals surface area contributed by atoms with Crippen LogP contribution in [-0.2, 0) is 15.2 Å². The van der Waals surface area contributed by atoms with E-state index in [9.17, 15) is 34.8 Å². The predicted molar refractivity (Wildman–Crippen MR) is 55.9 cm³/mol. The van der Waals surface area contributed by atoms with Crippen LogP contribution in [0.3, 0.4) is 0 Å². The van der Waals surface area contributed by atoms with Gasteiger partial charge < -0.3 is 4.74 Å². The molecule has 0 saturated carbocycles. The zero-order valence-electron chi connectivity index (χ0n) is 9.38. The molecule has 1 aromatic carbocycles. The van der Waals surface area contributed by atoms with E-state index in [1.165, 1.54) is 0 Å². The molecule has 0 saturated heterocycles. The SMILES string of the molecule is N#Cc1c(OC(F)(F)F)cc(S(=O)(=O)Cl)cc1C(F)(F)F. The second kappa shape index (κ2) is 5.27. The first kappa shape index (κ1) is 17.4. The predicted octanol–water partition coefficient (Wildman–Crippen LogP) is 3.40. The van der Waals surface area contributed by atoms with Gasteiger partial charge in [0.1, 0.15) is 17.4 Å². The van der Waals surface area contributed by atoms with Gasteiger partial charge in [-0.3, -0.25) is 0 Å². The van der Waals surface area contributed by atoms with Gasteiger partial charge in [-0.25, -0.2) is 8.42 Å². The standard InChI is InChI=1S/C9H2ClF6NO3S/c10-21(18,19)4-1-6(8(11,12)13)5(3-17)7(2-4)20-9(14,15)16/h1-2H. The van der Waals surface area contributed by atoms with Gasteiger partial charge in [-0.15, -0.1) is 13.2 Å². The van der Waals surface area contributed by atoms with Crippen LogP contribution in [0.4, 0.5) is 26.3 Å². The van der Waals surface area contributed by atoms with Crippen molar-refractivity contribution in [1.29, 1.82) is 5.26 Å². The summed E-state index contributed by atoms with van der Waals surface area (Å²) in [6, 6.07) is 0.925. The summed E-state index contributed by atoms with van der Waals surface area (Å²) < 4.78 is 99.7. The highest BCUT2D eigenvalue weighted by atomic mass is 35.7. The molecule has 4 nitrogen and oxygen atoms in total. The lowest BCUT2D eigenvalue weighted by Crippen LogP contribution is -2.20. The Morgan fingerprint density at radius 1 is 1.14 bits per heavy atom. The van der Waals surface area contributed by atoms with Gasteiger partial charge in [-0.05, 0) is 6.07 Å². The van der Waals surface area contributed by atoms with Crippen molar-refractivity contribution in [3.8, 4) is 11.8 Å². The molecule has 1 rings (SSSR count). The van der Waals surface area contributed by atoms with E-state index >= 15 is 0 Å². The number of hydrogen-bond donors (Lipinski definition) is 0. The van der Waals surface area contributed by atoms with Crippen LogP contribution in [0.25, 0.3) is 0 Å². The summed E-state index contributed by atoms with van der Waals surface area (Å²) in [6.45, 7) is 0. The van der Waals surface area contributed by atoms with Crippen molar-refractivity contribution in [2.24, 2.45) is 0 Å². The van der Waals surface area contributed by atoms with Crippen molar-refractivity contribution in [2.45, 2.75) is 17.4 Å². The fraction of sp³-hybridized carbons (Fsp3) is 0.222. The number of halogens is 7. The number of hydrogen-bond acceptors (Lipinski definition) is 4. The molecule has 0 aliphatic rings. The van der Waals surface area contributed by atoms with Crippen LogP contribution in [-0.4, -0.2) is 14.8 Å². The Morgan fingerprint density at radius 2 is 1.67 bits per heavy atom. The molecule has 12 heteroatoms. The number of nitrogens with zero attached hydrogens (tertiary/aromatic N) is 1. The maximum Gasteiger partial charge on any atom is 0.573 e. The summed E-state index contributed by atoms with van der Waals surface area (Å²) >= 11 is 0. The lowest BCUT2D eigenvalue weighted by Gasteiger charge is -2.15. The smallest absolute Gasteiger partial charge is 0.404 e. The molecule has 0 atom stereocenters. The molecule has 0 aromatic heterocycles. The Balaban J connectivity index is 3.74. The van der Waals surface area contributed by atoms with E-state index in [2.05, 4.69) is 4.74 Å². The minimum absolute atomic E-state index is 0.0515. The van der Waals surface area contributed by atoms with Crippen LogP contribution in [0.2, 0.25) is 0 Å². The van der Waals surface area contributed by atoms with E-state index in [0.29, 0.717) is 0 Å². The summed E-state index contributed by atoms with van der Waals surface area (Å²) in [6.07, 6.45) is -10.7. The summed E-state index contributed by atoms with van der Waals surface area (Å²) in [5.41, 5.74) is -3.42. The summed E-state index contributed by atoms with van der Waals surface area (Å²) in [7, 11) is 0.0313. The van der Waals surface area contributed by atoms with Gasteiger partial charge in [0.15, 0.2) is 0 Å². The Morgan fingerprint density at radius 3 is 2.00 bits per heavy atom. The topological polar surface area (TPSA) is 67.2 Å². The summed E-state index contributed by atoms with van der Waals surface area (Å²) in [5.74, 6) is -1.61. The molecule has 0 fully saturated rings. The molecular weight excluding hydrogens is 352 g/mol. The number of nitriles is 1. The van der Waals surface area contributed by atoms with E-state index in [1.54, 1.807) is 0 Å². The van der Waals surface area contributed by atoms with Gasteiger partial charge in [0, 0.05) is 16.7 Å². The van der Waals surface area contributed by atoms with E-state index in [-0.39, 0.29) is 12.1 Å². The first-order chi connectivity index (χ1) is 9.25. The molecule has 0 amide bonds. The van der Waals surface area contributed by atoms with E-state index in [0.717, 1.165) is 6.07 Å². The number of alkyl halides is 6. The van der Waals surface area contributed by atoms with Crippen LogP contribution in [0.1, 0.15) is 11.1 Å². The highest BCUT2D eigenvalue weighted by Gasteiger charge is 2.39. The second-order valence-electron chi connectivity index (χ2n) is 3.44. The van der Waals surface area contributed by atoms with E-state index in [4.69, 9.17) is 15.9 Å². The fourth-order valence-corrected chi connectivity index (χ4v) is 2.05. The third kappa shape index (κ3) is 4.40. The van der Waals surface area contributed by atoms with Crippen molar-refractivity contribution in [1.82, 2.24) is 0 Å². The lowest BCUT2D eigenvalue weighted by atomic mass is 10.1. The van der Waals surface area contributed by atoms with Crippen LogP contribution in [0, 0.1) is 11.3 Å². The Bertz CT molecular complexity index is 704. The minimum Gasteiger partial charge on any atom is -0.404 e. The highest BCUT2D eigenvalue weighted by molar-refractivity contribution is 8.13. The molecule has 0 spiro atoms. The number of rotatable bonds is 2. The third-order valence-electron chi connectivity index (χ3n) is 2.00. The van der Waals surface area contributed by atoms with Gasteiger partial charge >= 0.3 is 12.5 Å². The second-order valence-corrected chi connectivity index (χ2v) is 6.01. The molecule has 0 radical (unpaired) electrons. The lowest BCUT2D eigenvalue weighted by molar-refractivity contribution is -0.275. The van der Waals surface area contributed by atoms with E-state index < -0.39 is 43.4 Å². The highest BCUT2D eigenvalue weighted by Crippen LogP contribution is 2.39. The van der Waals surface area contributed by atoms with Crippen molar-refractivity contribution in [3.05, 3.63) is 23.3 Å². The van der Waals surface area contributed by atoms with Crippen LogP contribution >= 0.6 is 10.7 Å². The van der Waals surface area contributed by atoms with Gasteiger partial charge in [0.05, 0.1) is 10.5 Å². The third-order valence-corrected chi connectivity index (χ3v) is 3.33. The first-order valence-electron chi connectivity index (χ1n) is 4.61. The van der Waals surface area contributed by atoms with Gasteiger partial charge in [-0.1, -0.05) is 0 Å². The van der Waals surface area contributed by atoms with Crippen molar-refractivity contribution in [3.63, 3.8) is 0 Å². The van der Waals surface area contributed by atoms with Crippen LogP contribution < -0.4 is 4.74 Å². The Hall–Kier alpha value is -1.67. The minimum atomic E-state index is -5.43.